The van der Waals surface area contributed by atoms with E-state index in [1.807, 2.05) is 6.92 Å². The van der Waals surface area contributed by atoms with Gasteiger partial charge in [0.15, 0.2) is 0 Å². The van der Waals surface area contributed by atoms with E-state index in [2.05, 4.69) is 0 Å². The minimum absolute atomic E-state index is 0.750. The second-order valence-corrected chi connectivity index (χ2v) is 1.97. The summed E-state index contributed by atoms with van der Waals surface area (Å²) in [4.78, 5) is 27.0. The summed E-state index contributed by atoms with van der Waals surface area (Å²) in [5, 5.41) is 22.2. The van der Waals surface area contributed by atoms with E-state index in [-0.39, 0.29) is 0 Å². The molecule has 0 unspecified atom stereocenters. The average Bonchev–Trinajstić information content (AvgIpc) is 1.81. The lowest BCUT2D eigenvalue weighted by Gasteiger charge is -1.59. The molecule has 92 valence electrons. The third kappa shape index (κ3) is 501. The summed E-state index contributed by atoms with van der Waals surface area (Å²) in [5.74, 6) is -2.50. The van der Waals surface area contributed by atoms with Crippen molar-refractivity contribution in [1.29, 1.82) is 0 Å². The van der Waals surface area contributed by atoms with E-state index in [1.165, 1.54) is 0 Å². The van der Waals surface area contributed by atoms with Crippen molar-refractivity contribution in [2.75, 3.05) is 6.54 Å². The first-order valence-electron chi connectivity index (χ1n) is 3.90. The summed E-state index contributed by atoms with van der Waals surface area (Å²) in [5.41, 5.74) is 4.85. The molecule has 0 saturated carbocycles. The molecule has 0 fully saturated rings. The van der Waals surface area contributed by atoms with Gasteiger partial charge >= 0.3 is 0 Å². The molecule has 0 aliphatic rings. The molecule has 0 aromatic heterocycles. The fourth-order valence-corrected chi connectivity index (χ4v) is 0. The summed E-state index contributed by atoms with van der Waals surface area (Å²) in [6, 6.07) is 0. The number of hydrogen-bond donors (Lipinski definition) is 4. The molecule has 0 radical (unpaired) electrons. The fraction of sp³-hybridized carbons (Fsp3) is 0.625. The maximum Gasteiger partial charge on any atom is 0.300 e. The third-order valence-electron chi connectivity index (χ3n) is 0. The quantitative estimate of drug-likeness (QED) is 0.463. The largest absolute Gasteiger partial charge is 0.481 e. The van der Waals surface area contributed by atoms with E-state index in [1.54, 1.807) is 0 Å². The second-order valence-electron chi connectivity index (χ2n) is 1.97. The molecule has 0 aliphatic heterocycles. The van der Waals surface area contributed by atoms with Crippen LogP contribution in [0.2, 0.25) is 0 Å². The zero-order valence-corrected chi connectivity index (χ0v) is 9.35. The Hall–Kier alpha value is -1.63. The summed E-state index contributed by atoms with van der Waals surface area (Å²) in [6.07, 6.45) is 0. The first kappa shape index (κ1) is 23.3. The highest BCUT2D eigenvalue weighted by molar-refractivity contribution is 5.63. The van der Waals surface area contributed by atoms with Crippen molar-refractivity contribution in [3.05, 3.63) is 0 Å². The lowest BCUT2D eigenvalue weighted by molar-refractivity contribution is -0.135. The SMILES string of the molecule is CC(=O)O.CC(=O)O.CC(=O)O.CCN. The Morgan fingerprint density at radius 3 is 0.867 bits per heavy atom. The van der Waals surface area contributed by atoms with Crippen LogP contribution in [0.25, 0.3) is 0 Å². The maximum atomic E-state index is 9.00. The molecule has 7 nitrogen and oxygen atoms in total. The number of hydrogen-bond acceptors (Lipinski definition) is 4. The van der Waals surface area contributed by atoms with Crippen molar-refractivity contribution in [3.8, 4) is 0 Å². The van der Waals surface area contributed by atoms with Gasteiger partial charge in [0, 0.05) is 20.8 Å². The van der Waals surface area contributed by atoms with Crippen molar-refractivity contribution in [2.45, 2.75) is 27.7 Å². The van der Waals surface area contributed by atoms with Gasteiger partial charge < -0.3 is 21.1 Å². The zero-order valence-electron chi connectivity index (χ0n) is 9.35. The van der Waals surface area contributed by atoms with Crippen LogP contribution in [-0.2, 0) is 14.4 Å². The molecule has 0 aromatic carbocycles. The Bertz CT molecular complexity index is 128. The van der Waals surface area contributed by atoms with Gasteiger partial charge in [0.25, 0.3) is 17.9 Å². The van der Waals surface area contributed by atoms with Gasteiger partial charge in [-0.25, -0.2) is 0 Å². The standard InChI is InChI=1S/C2H7N.3C2H4O2/c1-2-3;3*1-2(3)4/h2-3H2,1H3;3*1H3,(H,3,4). The van der Waals surface area contributed by atoms with Crippen molar-refractivity contribution in [1.82, 2.24) is 0 Å². The summed E-state index contributed by atoms with van der Waals surface area (Å²) in [7, 11) is 0. The predicted octanol–water partition coefficient (Wildman–Crippen LogP) is 0.238. The zero-order chi connectivity index (χ0) is 13.4. The smallest absolute Gasteiger partial charge is 0.300 e. The number of carbonyl (C=O) groups is 3. The molecule has 0 heterocycles. The summed E-state index contributed by atoms with van der Waals surface area (Å²) in [6.45, 7) is 5.90. The van der Waals surface area contributed by atoms with Gasteiger partial charge in [0.05, 0.1) is 0 Å². The van der Waals surface area contributed by atoms with E-state index >= 15 is 0 Å². The lowest BCUT2D eigenvalue weighted by Crippen LogP contribution is -1.87. The molecule has 0 aliphatic carbocycles. The summed E-state index contributed by atoms with van der Waals surface area (Å²) < 4.78 is 0. The van der Waals surface area contributed by atoms with Gasteiger partial charge in [-0.15, -0.1) is 0 Å². The van der Waals surface area contributed by atoms with Crippen LogP contribution in [0.1, 0.15) is 27.7 Å². The van der Waals surface area contributed by atoms with E-state index in [9.17, 15) is 0 Å². The first-order valence-corrected chi connectivity index (χ1v) is 3.90. The highest BCUT2D eigenvalue weighted by Crippen LogP contribution is 1.42. The average molecular weight is 225 g/mol. The topological polar surface area (TPSA) is 138 Å². The molecule has 0 amide bonds. The van der Waals surface area contributed by atoms with E-state index < -0.39 is 17.9 Å². The predicted molar refractivity (Wildman–Crippen MR) is 54.7 cm³/mol. The number of carboxylic acids is 3. The normalized spacial score (nSPS) is 6.20. The molecular formula is C8H19NO6. The van der Waals surface area contributed by atoms with Crippen LogP contribution in [-0.4, -0.2) is 39.8 Å². The van der Waals surface area contributed by atoms with Crippen molar-refractivity contribution >= 4 is 17.9 Å². The van der Waals surface area contributed by atoms with Crippen molar-refractivity contribution in [2.24, 2.45) is 5.73 Å². The molecule has 0 spiro atoms. The Labute approximate surface area is 88.5 Å². The minimum Gasteiger partial charge on any atom is -0.481 e. The first-order chi connectivity index (χ1) is 6.61. The molecule has 15 heavy (non-hydrogen) atoms. The molecule has 7 heteroatoms. The molecule has 0 aromatic rings. The molecule has 0 saturated heterocycles. The second kappa shape index (κ2) is 22.8. The highest BCUT2D eigenvalue weighted by Gasteiger charge is 1.66. The van der Waals surface area contributed by atoms with Crippen LogP contribution in [0.5, 0.6) is 0 Å². The molecule has 0 atom stereocenters. The van der Waals surface area contributed by atoms with Crippen LogP contribution < -0.4 is 5.73 Å². The molecular weight excluding hydrogens is 206 g/mol. The van der Waals surface area contributed by atoms with Crippen LogP contribution >= 0.6 is 0 Å². The minimum atomic E-state index is -0.833. The maximum absolute atomic E-state index is 9.00. The van der Waals surface area contributed by atoms with E-state index in [4.69, 9.17) is 35.4 Å². The van der Waals surface area contributed by atoms with Gasteiger partial charge in [0.2, 0.25) is 0 Å². The summed E-state index contributed by atoms with van der Waals surface area (Å²) >= 11 is 0. The van der Waals surface area contributed by atoms with Gasteiger partial charge in [-0.2, -0.15) is 0 Å². The Balaban J connectivity index is -0.0000000542. The van der Waals surface area contributed by atoms with Crippen molar-refractivity contribution < 1.29 is 29.7 Å². The number of aliphatic carboxylic acids is 3. The Morgan fingerprint density at radius 1 is 0.867 bits per heavy atom. The van der Waals surface area contributed by atoms with Gasteiger partial charge in [0.1, 0.15) is 0 Å². The molecule has 0 bridgehead atoms. The van der Waals surface area contributed by atoms with Crippen LogP contribution in [0, 0.1) is 0 Å². The van der Waals surface area contributed by atoms with Gasteiger partial charge in [-0.05, 0) is 6.54 Å². The van der Waals surface area contributed by atoms with Gasteiger partial charge in [-0.1, -0.05) is 6.92 Å². The van der Waals surface area contributed by atoms with Crippen LogP contribution in [0.15, 0.2) is 0 Å². The monoisotopic (exact) mass is 225 g/mol. The number of carboxylic acid groups (broad SMARTS) is 3. The molecule has 5 N–H and O–H groups in total. The highest BCUT2D eigenvalue weighted by atomic mass is 16.4. The number of rotatable bonds is 0. The van der Waals surface area contributed by atoms with Gasteiger partial charge in [-0.3, -0.25) is 14.4 Å². The fourth-order valence-electron chi connectivity index (χ4n) is 0. The van der Waals surface area contributed by atoms with E-state index in [0.29, 0.717) is 0 Å². The molecule has 0 rings (SSSR count). The Kier molecular flexibility index (Phi) is 35.5. The van der Waals surface area contributed by atoms with Crippen LogP contribution in [0.3, 0.4) is 0 Å². The lowest BCUT2D eigenvalue weighted by atomic mass is 10.8. The Morgan fingerprint density at radius 2 is 0.867 bits per heavy atom. The number of nitrogens with two attached hydrogens (primary N) is 1. The third-order valence-corrected chi connectivity index (χ3v) is 0. The van der Waals surface area contributed by atoms with Crippen molar-refractivity contribution in [3.63, 3.8) is 0 Å². The van der Waals surface area contributed by atoms with E-state index in [0.717, 1.165) is 27.3 Å². The van der Waals surface area contributed by atoms with Crippen LogP contribution in [0.4, 0.5) is 0 Å².